The molecule has 0 aliphatic carbocycles. The van der Waals surface area contributed by atoms with Crippen molar-refractivity contribution in [3.63, 3.8) is 0 Å². The second-order valence-corrected chi connectivity index (χ2v) is 2.10. The third-order valence-corrected chi connectivity index (χ3v) is 1.32. The molecule has 0 spiro atoms. The first-order valence-electron chi connectivity index (χ1n) is 3.16. The van der Waals surface area contributed by atoms with E-state index >= 15 is 0 Å². The first kappa shape index (κ1) is 8.39. The molecule has 0 aliphatic rings. The number of hydrogen-bond donors (Lipinski definition) is 1. The minimum atomic E-state index is -1.31. The molecule has 0 aliphatic heterocycles. The summed E-state index contributed by atoms with van der Waals surface area (Å²) in [5, 5.41) is 8.48. The van der Waals surface area contributed by atoms with Crippen LogP contribution >= 0.6 is 0 Å². The molecular formula is C8H6FNO2. The van der Waals surface area contributed by atoms with Crippen LogP contribution in [-0.4, -0.2) is 16.1 Å². The predicted molar refractivity (Wildman–Crippen MR) is 41.2 cm³/mol. The van der Waals surface area contributed by atoms with Crippen LogP contribution in [-0.2, 0) is 0 Å². The van der Waals surface area contributed by atoms with E-state index in [4.69, 9.17) is 5.11 Å². The zero-order valence-corrected chi connectivity index (χ0v) is 6.12. The van der Waals surface area contributed by atoms with E-state index < -0.39 is 11.8 Å². The number of hydrogen-bond acceptors (Lipinski definition) is 2. The maximum absolute atomic E-state index is 12.7. The van der Waals surface area contributed by atoms with Crippen LogP contribution in [0, 0.1) is 5.82 Å². The Bertz CT molecular complexity index is 336. The average molecular weight is 167 g/mol. The van der Waals surface area contributed by atoms with Crippen molar-refractivity contribution in [2.45, 2.75) is 0 Å². The molecule has 0 amide bonds. The van der Waals surface area contributed by atoms with Crippen molar-refractivity contribution in [1.29, 1.82) is 0 Å². The van der Waals surface area contributed by atoms with Gasteiger partial charge in [0.25, 0.3) is 0 Å². The Balaban J connectivity index is 3.25. The second-order valence-electron chi connectivity index (χ2n) is 2.10. The van der Waals surface area contributed by atoms with Crippen molar-refractivity contribution in [3.05, 3.63) is 35.9 Å². The molecule has 62 valence electrons. The Morgan fingerprint density at radius 3 is 2.92 bits per heavy atom. The first-order valence-corrected chi connectivity index (χ1v) is 3.16. The summed E-state index contributed by atoms with van der Waals surface area (Å²) in [6.07, 6.45) is 2.21. The van der Waals surface area contributed by atoms with Gasteiger partial charge in [-0.15, -0.1) is 0 Å². The van der Waals surface area contributed by atoms with Crippen molar-refractivity contribution >= 4 is 12.0 Å². The van der Waals surface area contributed by atoms with Crippen LogP contribution in [0.1, 0.15) is 16.1 Å². The number of aromatic nitrogens is 1. The van der Waals surface area contributed by atoms with E-state index in [9.17, 15) is 9.18 Å². The van der Waals surface area contributed by atoms with Crippen LogP contribution in [0.15, 0.2) is 18.8 Å². The minimum absolute atomic E-state index is 0.341. The number of nitrogens with zero attached hydrogens (tertiary/aromatic N) is 1. The minimum Gasteiger partial charge on any atom is -0.478 e. The van der Waals surface area contributed by atoms with Crippen molar-refractivity contribution < 1.29 is 14.3 Å². The van der Waals surface area contributed by atoms with Gasteiger partial charge in [0.05, 0.1) is 17.5 Å². The van der Waals surface area contributed by atoms with Gasteiger partial charge >= 0.3 is 5.97 Å². The molecule has 0 aromatic carbocycles. The number of aromatic carboxylic acids is 1. The van der Waals surface area contributed by atoms with Gasteiger partial charge in [0, 0.05) is 0 Å². The fourth-order valence-electron chi connectivity index (χ4n) is 0.730. The number of carbonyl (C=O) groups is 1. The lowest BCUT2D eigenvalue weighted by molar-refractivity contribution is 0.0691. The molecule has 0 fully saturated rings. The molecule has 0 unspecified atom stereocenters. The Labute approximate surface area is 68.2 Å². The van der Waals surface area contributed by atoms with E-state index in [0.29, 0.717) is 5.69 Å². The lowest BCUT2D eigenvalue weighted by Crippen LogP contribution is -2.01. The van der Waals surface area contributed by atoms with Gasteiger partial charge in [0.15, 0.2) is 5.82 Å². The second kappa shape index (κ2) is 3.13. The number of halogens is 1. The van der Waals surface area contributed by atoms with Gasteiger partial charge < -0.3 is 5.11 Å². The molecule has 1 aromatic heterocycles. The molecule has 4 heteroatoms. The molecule has 1 rings (SSSR count). The van der Waals surface area contributed by atoms with Crippen LogP contribution in [0.3, 0.4) is 0 Å². The summed E-state index contributed by atoms with van der Waals surface area (Å²) >= 11 is 0. The highest BCUT2D eigenvalue weighted by atomic mass is 19.1. The van der Waals surface area contributed by atoms with Gasteiger partial charge in [-0.2, -0.15) is 0 Å². The third-order valence-electron chi connectivity index (χ3n) is 1.32. The predicted octanol–water partition coefficient (Wildman–Crippen LogP) is 1.56. The maximum atomic E-state index is 12.7. The lowest BCUT2D eigenvalue weighted by Gasteiger charge is -1.97. The summed E-state index contributed by atoms with van der Waals surface area (Å²) in [5.74, 6) is -2.15. The summed E-state index contributed by atoms with van der Waals surface area (Å²) in [4.78, 5) is 14.0. The quantitative estimate of drug-likeness (QED) is 0.727. The van der Waals surface area contributed by atoms with E-state index in [2.05, 4.69) is 11.6 Å². The first-order chi connectivity index (χ1) is 5.65. The number of rotatable bonds is 2. The van der Waals surface area contributed by atoms with Gasteiger partial charge in [-0.1, -0.05) is 6.58 Å². The summed E-state index contributed by atoms with van der Waals surface area (Å²) in [7, 11) is 0. The van der Waals surface area contributed by atoms with E-state index in [1.807, 2.05) is 0 Å². The number of pyridine rings is 1. The van der Waals surface area contributed by atoms with E-state index in [0.717, 1.165) is 12.3 Å². The van der Waals surface area contributed by atoms with Crippen LogP contribution < -0.4 is 0 Å². The van der Waals surface area contributed by atoms with E-state index in [1.54, 1.807) is 0 Å². The average Bonchev–Trinajstić information content (AvgIpc) is 2.05. The molecule has 3 nitrogen and oxygen atoms in total. The monoisotopic (exact) mass is 167 g/mol. The SMILES string of the molecule is C=Cc1cc(C(=O)O)c(F)cn1. The number of carboxylic acids is 1. The summed E-state index contributed by atoms with van der Waals surface area (Å²) in [6.45, 7) is 3.38. The highest BCUT2D eigenvalue weighted by Gasteiger charge is 2.10. The molecule has 0 atom stereocenters. The molecule has 0 radical (unpaired) electrons. The van der Waals surface area contributed by atoms with Gasteiger partial charge in [-0.3, -0.25) is 4.98 Å². The molecule has 1 aromatic rings. The van der Waals surface area contributed by atoms with Crippen LogP contribution in [0.2, 0.25) is 0 Å². The van der Waals surface area contributed by atoms with Gasteiger partial charge in [-0.25, -0.2) is 9.18 Å². The molecule has 0 saturated carbocycles. The normalized spacial score (nSPS) is 9.42. The lowest BCUT2D eigenvalue weighted by atomic mass is 10.2. The third kappa shape index (κ3) is 1.47. The number of carboxylic acid groups (broad SMARTS) is 1. The summed E-state index contributed by atoms with van der Waals surface area (Å²) in [6, 6.07) is 1.13. The fourth-order valence-corrected chi connectivity index (χ4v) is 0.730. The summed E-state index contributed by atoms with van der Waals surface area (Å²) < 4.78 is 12.7. The molecule has 12 heavy (non-hydrogen) atoms. The highest BCUT2D eigenvalue weighted by molar-refractivity contribution is 5.88. The van der Waals surface area contributed by atoms with E-state index in [1.165, 1.54) is 6.08 Å². The molecule has 1 N–H and O–H groups in total. The topological polar surface area (TPSA) is 50.2 Å². The molecular weight excluding hydrogens is 161 g/mol. The van der Waals surface area contributed by atoms with Gasteiger partial charge in [-0.05, 0) is 12.1 Å². The Hall–Kier alpha value is -1.71. The van der Waals surface area contributed by atoms with Crippen LogP contribution in [0.25, 0.3) is 6.08 Å². The van der Waals surface area contributed by atoms with Crippen LogP contribution in [0.4, 0.5) is 4.39 Å². The van der Waals surface area contributed by atoms with Crippen molar-refractivity contribution in [2.24, 2.45) is 0 Å². The van der Waals surface area contributed by atoms with E-state index in [-0.39, 0.29) is 5.56 Å². The Kier molecular flexibility index (Phi) is 2.19. The van der Waals surface area contributed by atoms with Crippen molar-refractivity contribution in [2.75, 3.05) is 0 Å². The van der Waals surface area contributed by atoms with Gasteiger partial charge in [0.2, 0.25) is 0 Å². The maximum Gasteiger partial charge on any atom is 0.338 e. The molecule has 0 saturated heterocycles. The van der Waals surface area contributed by atoms with Crippen molar-refractivity contribution in [1.82, 2.24) is 4.98 Å². The van der Waals surface area contributed by atoms with Gasteiger partial charge in [0.1, 0.15) is 0 Å². The Morgan fingerprint density at radius 1 is 1.75 bits per heavy atom. The smallest absolute Gasteiger partial charge is 0.338 e. The van der Waals surface area contributed by atoms with Crippen molar-refractivity contribution in [3.8, 4) is 0 Å². The highest BCUT2D eigenvalue weighted by Crippen LogP contribution is 2.08. The zero-order valence-electron chi connectivity index (χ0n) is 6.12. The molecule has 0 bridgehead atoms. The molecule has 1 heterocycles. The fraction of sp³-hybridized carbons (Fsp3) is 0. The zero-order chi connectivity index (χ0) is 9.14. The summed E-state index contributed by atoms with van der Waals surface area (Å²) in [5.41, 5.74) is -0.0475. The Morgan fingerprint density at radius 2 is 2.42 bits per heavy atom. The standard InChI is InChI=1S/C8H6FNO2/c1-2-5-3-6(8(11)12)7(9)4-10-5/h2-4H,1H2,(H,11,12). The largest absolute Gasteiger partial charge is 0.478 e. The van der Waals surface area contributed by atoms with Crippen LogP contribution in [0.5, 0.6) is 0 Å².